The molecule has 96 valence electrons. The van der Waals surface area contributed by atoms with E-state index in [1.54, 1.807) is 19.1 Å². The second kappa shape index (κ2) is 7.81. The Balaban J connectivity index is 0.00000256. The van der Waals surface area contributed by atoms with E-state index < -0.39 is 11.1 Å². The van der Waals surface area contributed by atoms with Gasteiger partial charge in [-0.1, -0.05) is 17.7 Å². The van der Waals surface area contributed by atoms with Crippen molar-refractivity contribution in [1.29, 1.82) is 0 Å². The molecule has 1 aromatic rings. The summed E-state index contributed by atoms with van der Waals surface area (Å²) >= 11 is -1.58. The summed E-state index contributed by atoms with van der Waals surface area (Å²) in [7, 11) is 0. The molecule has 1 unspecified atom stereocenters. The lowest BCUT2D eigenvalue weighted by atomic mass is 10.2. The SMILES string of the molecule is CCO/C(C)=N/OS(=O)c1ccc(C)cc1.O. The van der Waals surface area contributed by atoms with E-state index in [0.717, 1.165) is 5.56 Å². The van der Waals surface area contributed by atoms with Crippen molar-refractivity contribution in [1.82, 2.24) is 0 Å². The first-order chi connectivity index (χ1) is 7.63. The molecule has 0 aliphatic carbocycles. The number of nitrogens with zero attached hydrogens (tertiary/aromatic N) is 1. The van der Waals surface area contributed by atoms with E-state index in [1.807, 2.05) is 26.0 Å². The van der Waals surface area contributed by atoms with E-state index in [-0.39, 0.29) is 5.48 Å². The van der Waals surface area contributed by atoms with Crippen LogP contribution < -0.4 is 0 Å². The molecule has 2 N–H and O–H groups in total. The van der Waals surface area contributed by atoms with E-state index in [4.69, 9.17) is 9.02 Å². The molecule has 0 aliphatic heterocycles. The Hall–Kier alpha value is -1.40. The van der Waals surface area contributed by atoms with Crippen molar-refractivity contribution in [2.24, 2.45) is 5.16 Å². The summed E-state index contributed by atoms with van der Waals surface area (Å²) in [6.07, 6.45) is 0. The molecule has 1 aromatic carbocycles. The fraction of sp³-hybridized carbons (Fsp3) is 0.364. The third-order valence-corrected chi connectivity index (χ3v) is 2.67. The Labute approximate surface area is 103 Å². The molecule has 5 nitrogen and oxygen atoms in total. The van der Waals surface area contributed by atoms with Gasteiger partial charge in [-0.15, -0.1) is 0 Å². The van der Waals surface area contributed by atoms with E-state index >= 15 is 0 Å². The van der Waals surface area contributed by atoms with Crippen LogP contribution >= 0.6 is 0 Å². The third-order valence-electron chi connectivity index (χ3n) is 1.80. The third kappa shape index (κ3) is 5.46. The fourth-order valence-electron chi connectivity index (χ4n) is 1.01. The molecular weight excluding hydrogens is 242 g/mol. The van der Waals surface area contributed by atoms with Gasteiger partial charge in [0.2, 0.25) is 5.90 Å². The molecule has 0 bridgehead atoms. The van der Waals surface area contributed by atoms with Crippen LogP contribution in [0.5, 0.6) is 0 Å². The zero-order chi connectivity index (χ0) is 12.0. The number of hydrogen-bond donors (Lipinski definition) is 0. The average Bonchev–Trinajstić information content (AvgIpc) is 2.27. The van der Waals surface area contributed by atoms with Crippen molar-refractivity contribution < 1.29 is 18.7 Å². The number of hydrogen-bond acceptors (Lipinski definition) is 4. The van der Waals surface area contributed by atoms with Gasteiger partial charge in [0.1, 0.15) is 0 Å². The monoisotopic (exact) mass is 259 g/mol. The highest BCUT2D eigenvalue weighted by Gasteiger charge is 2.04. The van der Waals surface area contributed by atoms with E-state index in [2.05, 4.69) is 5.16 Å². The lowest BCUT2D eigenvalue weighted by molar-refractivity contribution is 0.287. The summed E-state index contributed by atoms with van der Waals surface area (Å²) < 4.78 is 21.4. The largest absolute Gasteiger partial charge is 0.479 e. The van der Waals surface area contributed by atoms with Gasteiger partial charge < -0.3 is 10.2 Å². The highest BCUT2D eigenvalue weighted by atomic mass is 32.2. The topological polar surface area (TPSA) is 79.4 Å². The Bertz CT molecular complexity index is 389. The maximum atomic E-state index is 11.6. The number of oxime groups is 1. The lowest BCUT2D eigenvalue weighted by Gasteiger charge is -2.02. The van der Waals surface area contributed by atoms with Crippen molar-refractivity contribution in [3.05, 3.63) is 29.8 Å². The van der Waals surface area contributed by atoms with Crippen LogP contribution in [0.1, 0.15) is 19.4 Å². The molecule has 1 rings (SSSR count). The van der Waals surface area contributed by atoms with Gasteiger partial charge in [0.05, 0.1) is 11.5 Å². The molecule has 6 heteroatoms. The van der Waals surface area contributed by atoms with Crippen LogP contribution in [-0.4, -0.2) is 22.2 Å². The Morgan fingerprint density at radius 1 is 1.35 bits per heavy atom. The first-order valence-electron chi connectivity index (χ1n) is 4.96. The maximum Gasteiger partial charge on any atom is 0.265 e. The number of aryl methyl sites for hydroxylation is 1. The zero-order valence-corrected chi connectivity index (χ0v) is 10.9. The summed E-state index contributed by atoms with van der Waals surface area (Å²) in [5.41, 5.74) is 1.11. The van der Waals surface area contributed by atoms with Crippen molar-refractivity contribution in [3.8, 4) is 0 Å². The molecule has 0 amide bonds. The lowest BCUT2D eigenvalue weighted by Crippen LogP contribution is -2.01. The van der Waals surface area contributed by atoms with Gasteiger partial charge in [-0.2, -0.15) is 0 Å². The zero-order valence-electron chi connectivity index (χ0n) is 10.1. The number of ether oxygens (including phenoxy) is 1. The summed E-state index contributed by atoms with van der Waals surface area (Å²) in [4.78, 5) is 0.582. The van der Waals surface area contributed by atoms with Crippen LogP contribution in [0.15, 0.2) is 34.3 Å². The van der Waals surface area contributed by atoms with E-state index in [1.165, 1.54) is 0 Å². The minimum atomic E-state index is -1.58. The second-order valence-electron chi connectivity index (χ2n) is 3.17. The van der Waals surface area contributed by atoms with Gasteiger partial charge in [0.25, 0.3) is 11.1 Å². The molecular formula is C11H17NO4S. The predicted octanol–water partition coefficient (Wildman–Crippen LogP) is 1.58. The Morgan fingerprint density at radius 2 is 1.94 bits per heavy atom. The van der Waals surface area contributed by atoms with Crippen LogP contribution in [0.25, 0.3) is 0 Å². The molecule has 1 atom stereocenters. The number of benzene rings is 1. The van der Waals surface area contributed by atoms with Crippen LogP contribution in [0, 0.1) is 6.92 Å². The smallest absolute Gasteiger partial charge is 0.265 e. The van der Waals surface area contributed by atoms with Gasteiger partial charge in [-0.25, -0.2) is 4.21 Å². The Kier molecular flexibility index (Phi) is 7.16. The molecule has 0 saturated heterocycles. The summed E-state index contributed by atoms with van der Waals surface area (Å²) in [5, 5.41) is 3.61. The van der Waals surface area contributed by atoms with Gasteiger partial charge >= 0.3 is 0 Å². The summed E-state index contributed by atoms with van der Waals surface area (Å²) in [6.45, 7) is 5.96. The molecule has 0 radical (unpaired) electrons. The van der Waals surface area contributed by atoms with E-state index in [0.29, 0.717) is 17.4 Å². The van der Waals surface area contributed by atoms with Gasteiger partial charge in [-0.3, -0.25) is 4.28 Å². The quantitative estimate of drug-likeness (QED) is 0.468. The Morgan fingerprint density at radius 3 is 2.47 bits per heavy atom. The van der Waals surface area contributed by atoms with Crippen molar-refractivity contribution >= 4 is 17.0 Å². The minimum Gasteiger partial charge on any atom is -0.479 e. The van der Waals surface area contributed by atoms with Crippen molar-refractivity contribution in [3.63, 3.8) is 0 Å². The summed E-state index contributed by atoms with van der Waals surface area (Å²) in [5.74, 6) is 0.364. The molecule has 0 spiro atoms. The van der Waals surface area contributed by atoms with Crippen LogP contribution in [0.3, 0.4) is 0 Å². The van der Waals surface area contributed by atoms with Crippen molar-refractivity contribution in [2.75, 3.05) is 6.61 Å². The van der Waals surface area contributed by atoms with E-state index in [9.17, 15) is 4.21 Å². The fourth-order valence-corrected chi connectivity index (χ4v) is 1.63. The molecule has 0 fully saturated rings. The predicted molar refractivity (Wildman–Crippen MR) is 67.0 cm³/mol. The second-order valence-corrected chi connectivity index (χ2v) is 4.26. The first-order valence-corrected chi connectivity index (χ1v) is 6.04. The van der Waals surface area contributed by atoms with Crippen LogP contribution in [0.2, 0.25) is 0 Å². The highest BCUT2D eigenvalue weighted by Crippen LogP contribution is 2.09. The van der Waals surface area contributed by atoms with Gasteiger partial charge in [0, 0.05) is 6.92 Å². The van der Waals surface area contributed by atoms with Crippen LogP contribution in [0.4, 0.5) is 0 Å². The molecule has 0 saturated carbocycles. The standard InChI is InChI=1S/C11H15NO3S.H2O/c1-4-14-10(3)12-15-16(13)11-7-5-9(2)6-8-11;/h5-8H,4H2,1-3H3;1H2/b12-10+;. The number of rotatable bonds is 4. The highest BCUT2D eigenvalue weighted by molar-refractivity contribution is 7.80. The molecule has 0 aromatic heterocycles. The maximum absolute atomic E-state index is 11.6. The molecule has 0 aliphatic rings. The minimum absolute atomic E-state index is 0. The average molecular weight is 259 g/mol. The van der Waals surface area contributed by atoms with Gasteiger partial charge in [-0.05, 0) is 31.1 Å². The normalized spacial score (nSPS) is 12.5. The first kappa shape index (κ1) is 15.6. The molecule has 0 heterocycles. The van der Waals surface area contributed by atoms with Crippen LogP contribution in [-0.2, 0) is 20.1 Å². The van der Waals surface area contributed by atoms with Gasteiger partial charge in [0.15, 0.2) is 0 Å². The van der Waals surface area contributed by atoms with Crippen molar-refractivity contribution in [2.45, 2.75) is 25.7 Å². The summed E-state index contributed by atoms with van der Waals surface area (Å²) in [6, 6.07) is 7.24. The molecule has 17 heavy (non-hydrogen) atoms.